The van der Waals surface area contributed by atoms with E-state index in [4.69, 9.17) is 4.74 Å². The molecule has 1 unspecified atom stereocenters. The Labute approximate surface area is 173 Å². The fraction of sp³-hybridized carbons (Fsp3) is 0.318. The van der Waals surface area contributed by atoms with Gasteiger partial charge in [0, 0.05) is 17.0 Å². The van der Waals surface area contributed by atoms with Gasteiger partial charge in [0.05, 0.1) is 17.7 Å². The van der Waals surface area contributed by atoms with Gasteiger partial charge in [0.15, 0.2) is 11.5 Å². The number of thiophene rings is 1. The molecule has 0 saturated heterocycles. The number of rotatable bonds is 7. The van der Waals surface area contributed by atoms with Crippen molar-refractivity contribution in [1.82, 2.24) is 0 Å². The van der Waals surface area contributed by atoms with Crippen molar-refractivity contribution in [2.75, 3.05) is 11.5 Å². The Kier molecular flexibility index (Phi) is 6.17. The predicted molar refractivity (Wildman–Crippen MR) is 111 cm³/mol. The smallest absolute Gasteiger partial charge is 0.338 e. The largest absolute Gasteiger partial charge is 0.503 e. The zero-order valence-electron chi connectivity index (χ0n) is 16.5. The van der Waals surface area contributed by atoms with E-state index in [0.29, 0.717) is 17.9 Å². The standard InChI is InChI=1S/C22H23NO5S/c1-4-16(24)18-19(17-6-5-11-29-17)23(21(26)20(18)25)15-9-7-14(8-10-15)22(27)28-12-13(2)3/h5-11,13,19,25H,4,12H2,1-3H3. The number of benzene rings is 1. The van der Waals surface area contributed by atoms with Gasteiger partial charge in [-0.15, -0.1) is 11.3 Å². The van der Waals surface area contributed by atoms with E-state index < -0.39 is 23.7 Å². The zero-order chi connectivity index (χ0) is 21.1. The first-order valence-electron chi connectivity index (χ1n) is 9.45. The Bertz CT molecular complexity index is 944. The molecule has 0 spiro atoms. The summed E-state index contributed by atoms with van der Waals surface area (Å²) in [4.78, 5) is 39.6. The Morgan fingerprint density at radius 1 is 1.21 bits per heavy atom. The number of esters is 1. The van der Waals surface area contributed by atoms with Crippen LogP contribution >= 0.6 is 11.3 Å². The van der Waals surface area contributed by atoms with Crippen LogP contribution in [0.3, 0.4) is 0 Å². The first-order valence-corrected chi connectivity index (χ1v) is 10.3. The number of Topliss-reactive ketones (excluding diaryl/α,β-unsaturated/α-hetero) is 1. The number of hydrogen-bond donors (Lipinski definition) is 1. The Hall–Kier alpha value is -2.93. The molecule has 6 nitrogen and oxygen atoms in total. The van der Waals surface area contributed by atoms with Gasteiger partial charge in [-0.1, -0.05) is 26.8 Å². The number of carbonyl (C=O) groups is 3. The zero-order valence-corrected chi connectivity index (χ0v) is 17.4. The Balaban J connectivity index is 1.94. The highest BCUT2D eigenvalue weighted by Crippen LogP contribution is 2.42. The third kappa shape index (κ3) is 4.10. The van der Waals surface area contributed by atoms with Crippen LogP contribution in [0, 0.1) is 5.92 Å². The van der Waals surface area contributed by atoms with E-state index in [2.05, 4.69) is 0 Å². The number of aliphatic hydroxyl groups excluding tert-OH is 1. The lowest BCUT2D eigenvalue weighted by Crippen LogP contribution is -2.30. The fourth-order valence-electron chi connectivity index (χ4n) is 3.15. The SMILES string of the molecule is CCC(=O)C1=C(O)C(=O)N(c2ccc(C(=O)OCC(C)C)cc2)C1c1cccs1. The van der Waals surface area contributed by atoms with E-state index in [0.717, 1.165) is 4.88 Å². The minimum absolute atomic E-state index is 0.111. The number of carbonyl (C=O) groups excluding carboxylic acids is 3. The number of amides is 1. The summed E-state index contributed by atoms with van der Waals surface area (Å²) in [5, 5.41) is 12.3. The average molecular weight is 413 g/mol. The maximum absolute atomic E-state index is 12.8. The monoisotopic (exact) mass is 413 g/mol. The third-order valence-corrected chi connectivity index (χ3v) is 5.50. The summed E-state index contributed by atoms with van der Waals surface area (Å²) < 4.78 is 5.23. The van der Waals surface area contributed by atoms with Gasteiger partial charge in [-0.3, -0.25) is 14.5 Å². The molecule has 2 aromatic rings. The minimum Gasteiger partial charge on any atom is -0.503 e. The summed E-state index contributed by atoms with van der Waals surface area (Å²) in [6, 6.07) is 9.37. The van der Waals surface area contributed by atoms with Crippen molar-refractivity contribution in [2.24, 2.45) is 5.92 Å². The van der Waals surface area contributed by atoms with Gasteiger partial charge in [0.1, 0.15) is 6.04 Å². The molecule has 0 saturated carbocycles. The van der Waals surface area contributed by atoms with Gasteiger partial charge < -0.3 is 9.84 Å². The average Bonchev–Trinajstić information content (AvgIpc) is 3.33. The maximum Gasteiger partial charge on any atom is 0.338 e. The molecular weight excluding hydrogens is 390 g/mol. The molecule has 1 aliphatic heterocycles. The molecule has 1 amide bonds. The van der Waals surface area contributed by atoms with Crippen LogP contribution in [0.1, 0.15) is 48.5 Å². The van der Waals surface area contributed by atoms with E-state index in [1.54, 1.807) is 31.2 Å². The molecule has 1 N–H and O–H groups in total. The van der Waals surface area contributed by atoms with Crippen LogP contribution in [0.5, 0.6) is 0 Å². The second-order valence-corrected chi connectivity index (χ2v) is 8.15. The van der Waals surface area contributed by atoms with Crippen molar-refractivity contribution in [3.8, 4) is 0 Å². The number of ether oxygens (including phenoxy) is 1. The predicted octanol–water partition coefficient (Wildman–Crippen LogP) is 4.44. The van der Waals surface area contributed by atoms with E-state index >= 15 is 0 Å². The van der Waals surface area contributed by atoms with Gasteiger partial charge in [0.2, 0.25) is 0 Å². The summed E-state index contributed by atoms with van der Waals surface area (Å²) in [7, 11) is 0. The number of hydrogen-bond acceptors (Lipinski definition) is 6. The highest BCUT2D eigenvalue weighted by molar-refractivity contribution is 7.10. The molecule has 0 fully saturated rings. The van der Waals surface area contributed by atoms with Gasteiger partial charge in [-0.05, 0) is 41.6 Å². The van der Waals surface area contributed by atoms with Crippen LogP contribution in [0.4, 0.5) is 5.69 Å². The molecule has 1 aromatic carbocycles. The molecule has 1 aliphatic rings. The van der Waals surface area contributed by atoms with Crippen molar-refractivity contribution < 1.29 is 24.2 Å². The summed E-state index contributed by atoms with van der Waals surface area (Å²) >= 11 is 1.41. The molecular formula is C22H23NO5S. The fourth-order valence-corrected chi connectivity index (χ4v) is 3.97. The molecule has 152 valence electrons. The van der Waals surface area contributed by atoms with Gasteiger partial charge in [-0.25, -0.2) is 4.79 Å². The highest BCUT2D eigenvalue weighted by Gasteiger charge is 2.44. The number of anilines is 1. The van der Waals surface area contributed by atoms with Crippen molar-refractivity contribution in [1.29, 1.82) is 0 Å². The van der Waals surface area contributed by atoms with Crippen LogP contribution in [0.15, 0.2) is 53.1 Å². The maximum atomic E-state index is 12.8. The topological polar surface area (TPSA) is 83.9 Å². The normalized spacial score (nSPS) is 16.6. The second kappa shape index (κ2) is 8.61. The Morgan fingerprint density at radius 3 is 2.45 bits per heavy atom. The minimum atomic E-state index is -0.686. The molecule has 0 aliphatic carbocycles. The van der Waals surface area contributed by atoms with Crippen LogP contribution < -0.4 is 4.90 Å². The van der Waals surface area contributed by atoms with Crippen LogP contribution in [-0.2, 0) is 14.3 Å². The number of aliphatic hydroxyl groups is 1. The lowest BCUT2D eigenvalue weighted by molar-refractivity contribution is -0.118. The van der Waals surface area contributed by atoms with Crippen LogP contribution in [0.2, 0.25) is 0 Å². The summed E-state index contributed by atoms with van der Waals surface area (Å²) in [5.74, 6) is -1.62. The van der Waals surface area contributed by atoms with E-state index in [1.807, 2.05) is 31.4 Å². The molecule has 0 bridgehead atoms. The molecule has 1 aromatic heterocycles. The molecule has 3 rings (SSSR count). The molecule has 1 atom stereocenters. The van der Waals surface area contributed by atoms with E-state index in [-0.39, 0.29) is 23.7 Å². The first-order chi connectivity index (χ1) is 13.8. The molecule has 29 heavy (non-hydrogen) atoms. The summed E-state index contributed by atoms with van der Waals surface area (Å²) in [5.41, 5.74) is 0.968. The van der Waals surface area contributed by atoms with Crippen molar-refractivity contribution in [3.05, 3.63) is 63.6 Å². The number of ketones is 1. The van der Waals surface area contributed by atoms with Crippen LogP contribution in [-0.4, -0.2) is 29.4 Å². The van der Waals surface area contributed by atoms with Crippen molar-refractivity contribution >= 4 is 34.7 Å². The summed E-state index contributed by atoms with van der Waals surface area (Å²) in [6.45, 7) is 5.92. The Morgan fingerprint density at radius 2 is 1.90 bits per heavy atom. The van der Waals surface area contributed by atoms with Crippen molar-refractivity contribution in [2.45, 2.75) is 33.2 Å². The van der Waals surface area contributed by atoms with Gasteiger partial charge in [0.25, 0.3) is 5.91 Å². The number of nitrogens with zero attached hydrogens (tertiary/aromatic N) is 1. The van der Waals surface area contributed by atoms with Gasteiger partial charge >= 0.3 is 5.97 Å². The molecule has 0 radical (unpaired) electrons. The van der Waals surface area contributed by atoms with E-state index in [1.165, 1.54) is 16.2 Å². The lowest BCUT2D eigenvalue weighted by Gasteiger charge is -2.25. The third-order valence-electron chi connectivity index (χ3n) is 4.57. The first kappa shape index (κ1) is 20.8. The lowest BCUT2D eigenvalue weighted by atomic mass is 10.00. The molecule has 7 heteroatoms. The summed E-state index contributed by atoms with van der Waals surface area (Å²) in [6.07, 6.45) is 0.184. The second-order valence-electron chi connectivity index (χ2n) is 7.17. The van der Waals surface area contributed by atoms with Crippen molar-refractivity contribution in [3.63, 3.8) is 0 Å². The van der Waals surface area contributed by atoms with E-state index in [9.17, 15) is 19.5 Å². The quantitative estimate of drug-likeness (QED) is 0.679. The van der Waals surface area contributed by atoms with Gasteiger partial charge in [-0.2, -0.15) is 0 Å². The van der Waals surface area contributed by atoms with Crippen LogP contribution in [0.25, 0.3) is 0 Å². The highest BCUT2D eigenvalue weighted by atomic mass is 32.1. The molecule has 2 heterocycles.